The summed E-state index contributed by atoms with van der Waals surface area (Å²) in [5.41, 5.74) is 7.83. The van der Waals surface area contributed by atoms with Gasteiger partial charge in [-0.3, -0.25) is 5.41 Å². The normalized spacial score (nSPS) is 20.6. The van der Waals surface area contributed by atoms with Gasteiger partial charge in [-0.1, -0.05) is 0 Å². The molecule has 1 saturated heterocycles. The lowest BCUT2D eigenvalue weighted by Crippen LogP contribution is -2.44. The molecule has 1 saturated carbocycles. The van der Waals surface area contributed by atoms with Crippen molar-refractivity contribution in [1.29, 1.82) is 5.41 Å². The largest absolute Gasteiger partial charge is 0.488 e. The molecule has 1 aliphatic heterocycles. The van der Waals surface area contributed by atoms with Crippen molar-refractivity contribution >= 4 is 17.2 Å². The minimum atomic E-state index is -0.236. The molecular weight excluding hydrogens is 358 g/mol. The number of aliphatic hydroxyl groups excluding tert-OH is 1. The SMILES string of the molecule is CC1(Oc2ccc(N)c(C(=N)c3cc(N4CCO[C@@H](CO)C4)ncn3)c2)CC1. The molecule has 0 radical (unpaired) electrons. The number of morpholine rings is 1. The quantitative estimate of drug-likeness (QED) is 0.512. The van der Waals surface area contributed by atoms with Crippen LogP contribution in [0.25, 0.3) is 0 Å². The van der Waals surface area contributed by atoms with Gasteiger partial charge in [-0.25, -0.2) is 9.97 Å². The third kappa shape index (κ3) is 3.93. The zero-order valence-electron chi connectivity index (χ0n) is 15.9. The maximum Gasteiger partial charge on any atom is 0.132 e. The molecule has 1 atom stereocenters. The van der Waals surface area contributed by atoms with Crippen LogP contribution in [0.15, 0.2) is 30.6 Å². The van der Waals surface area contributed by atoms with Crippen LogP contribution in [-0.2, 0) is 4.74 Å². The summed E-state index contributed by atoms with van der Waals surface area (Å²) in [6, 6.07) is 7.18. The van der Waals surface area contributed by atoms with Gasteiger partial charge in [0.2, 0.25) is 0 Å². The highest BCUT2D eigenvalue weighted by atomic mass is 16.5. The van der Waals surface area contributed by atoms with E-state index in [-0.39, 0.29) is 24.0 Å². The van der Waals surface area contributed by atoms with Crippen LogP contribution in [0.4, 0.5) is 11.5 Å². The highest BCUT2D eigenvalue weighted by Crippen LogP contribution is 2.40. The van der Waals surface area contributed by atoms with Crippen molar-refractivity contribution in [2.45, 2.75) is 31.5 Å². The highest BCUT2D eigenvalue weighted by Gasteiger charge is 2.40. The summed E-state index contributed by atoms with van der Waals surface area (Å²) in [4.78, 5) is 10.6. The lowest BCUT2D eigenvalue weighted by atomic mass is 10.0. The molecule has 28 heavy (non-hydrogen) atoms. The van der Waals surface area contributed by atoms with Crippen molar-refractivity contribution < 1.29 is 14.6 Å². The summed E-state index contributed by atoms with van der Waals surface area (Å²) in [6.45, 7) is 3.78. The van der Waals surface area contributed by atoms with Crippen molar-refractivity contribution in [1.82, 2.24) is 9.97 Å². The Morgan fingerprint density at radius 2 is 2.21 bits per heavy atom. The van der Waals surface area contributed by atoms with Gasteiger partial charge in [0, 0.05) is 30.4 Å². The van der Waals surface area contributed by atoms with E-state index in [0.717, 1.165) is 12.8 Å². The van der Waals surface area contributed by atoms with Gasteiger partial charge < -0.3 is 25.2 Å². The Bertz CT molecular complexity index is 884. The van der Waals surface area contributed by atoms with Gasteiger partial charge in [0.1, 0.15) is 23.5 Å². The van der Waals surface area contributed by atoms with Crippen LogP contribution in [0.3, 0.4) is 0 Å². The van der Waals surface area contributed by atoms with Crippen LogP contribution in [0.2, 0.25) is 0 Å². The number of nitrogens with two attached hydrogens (primary N) is 1. The number of benzene rings is 1. The fourth-order valence-corrected chi connectivity index (χ4v) is 3.21. The molecule has 2 aliphatic rings. The highest BCUT2D eigenvalue weighted by molar-refractivity contribution is 6.13. The second-order valence-corrected chi connectivity index (χ2v) is 7.56. The lowest BCUT2D eigenvalue weighted by Gasteiger charge is -2.32. The van der Waals surface area contributed by atoms with E-state index in [1.807, 2.05) is 11.0 Å². The molecule has 0 amide bonds. The Hall–Kier alpha value is -2.71. The minimum Gasteiger partial charge on any atom is -0.488 e. The first-order chi connectivity index (χ1) is 13.5. The monoisotopic (exact) mass is 383 g/mol. The summed E-state index contributed by atoms with van der Waals surface area (Å²) in [5, 5.41) is 18.0. The van der Waals surface area contributed by atoms with E-state index in [9.17, 15) is 5.11 Å². The van der Waals surface area contributed by atoms with Crippen molar-refractivity contribution in [2.75, 3.05) is 36.9 Å². The zero-order chi connectivity index (χ0) is 19.7. The standard InChI is InChI=1S/C20H25N5O3/c1-20(4-5-20)28-13-2-3-16(21)15(8-13)19(22)17-9-18(24-12-23-17)25-6-7-27-14(10-25)11-26/h2-3,8-9,12,14,22,26H,4-7,10-11,21H2,1H3/t14-/m1/s1. The summed E-state index contributed by atoms with van der Waals surface area (Å²) < 4.78 is 11.5. The number of hydrogen-bond acceptors (Lipinski definition) is 8. The summed E-state index contributed by atoms with van der Waals surface area (Å²) >= 11 is 0. The van der Waals surface area contributed by atoms with Gasteiger partial charge >= 0.3 is 0 Å². The van der Waals surface area contributed by atoms with Gasteiger partial charge in [0.15, 0.2) is 0 Å². The second kappa shape index (κ2) is 7.37. The van der Waals surface area contributed by atoms with Crippen LogP contribution in [0, 0.1) is 5.41 Å². The number of ether oxygens (including phenoxy) is 2. The van der Waals surface area contributed by atoms with E-state index >= 15 is 0 Å². The molecule has 4 N–H and O–H groups in total. The Labute approximate surface area is 163 Å². The van der Waals surface area contributed by atoms with Gasteiger partial charge in [0.25, 0.3) is 0 Å². The number of nitrogens with one attached hydrogen (secondary N) is 1. The number of nitrogen functional groups attached to an aromatic ring is 1. The van der Waals surface area contributed by atoms with Crippen molar-refractivity contribution in [3.8, 4) is 5.75 Å². The average Bonchev–Trinajstić information content (AvgIpc) is 3.45. The molecule has 1 aromatic carbocycles. The van der Waals surface area contributed by atoms with E-state index in [0.29, 0.717) is 48.2 Å². The predicted molar refractivity (Wildman–Crippen MR) is 106 cm³/mol. The minimum absolute atomic E-state index is 0.0352. The summed E-state index contributed by atoms with van der Waals surface area (Å²) in [6.07, 6.45) is 3.28. The number of anilines is 2. The molecular formula is C20H25N5O3. The first-order valence-corrected chi connectivity index (χ1v) is 9.45. The molecule has 2 aromatic rings. The average molecular weight is 383 g/mol. The molecule has 1 aromatic heterocycles. The maximum absolute atomic E-state index is 9.34. The van der Waals surface area contributed by atoms with E-state index in [1.54, 1.807) is 18.2 Å². The number of aromatic nitrogens is 2. The molecule has 1 aliphatic carbocycles. The Kier molecular flexibility index (Phi) is 4.91. The number of hydrogen-bond donors (Lipinski definition) is 3. The molecule has 0 bridgehead atoms. The van der Waals surface area contributed by atoms with Gasteiger partial charge in [-0.2, -0.15) is 0 Å². The number of rotatable bonds is 6. The molecule has 8 nitrogen and oxygen atoms in total. The molecule has 8 heteroatoms. The van der Waals surface area contributed by atoms with Crippen LogP contribution in [0.1, 0.15) is 31.0 Å². The summed E-state index contributed by atoms with van der Waals surface area (Å²) in [5.74, 6) is 1.41. The fourth-order valence-electron chi connectivity index (χ4n) is 3.21. The molecule has 2 fully saturated rings. The van der Waals surface area contributed by atoms with Gasteiger partial charge in [-0.15, -0.1) is 0 Å². The maximum atomic E-state index is 9.34. The van der Waals surface area contributed by atoms with Crippen LogP contribution in [-0.4, -0.2) is 58.8 Å². The van der Waals surface area contributed by atoms with E-state index in [4.69, 9.17) is 20.6 Å². The summed E-state index contributed by atoms with van der Waals surface area (Å²) in [7, 11) is 0. The molecule has 2 heterocycles. The van der Waals surface area contributed by atoms with Crippen LogP contribution < -0.4 is 15.4 Å². The van der Waals surface area contributed by atoms with Gasteiger partial charge in [0.05, 0.1) is 30.7 Å². The Balaban J connectivity index is 1.57. The molecule has 0 unspecified atom stereocenters. The molecule has 4 rings (SSSR count). The van der Waals surface area contributed by atoms with E-state index < -0.39 is 0 Å². The number of aliphatic hydroxyl groups is 1. The Morgan fingerprint density at radius 3 is 2.96 bits per heavy atom. The van der Waals surface area contributed by atoms with E-state index in [2.05, 4.69) is 16.9 Å². The van der Waals surface area contributed by atoms with Crippen molar-refractivity contribution in [3.05, 3.63) is 41.9 Å². The lowest BCUT2D eigenvalue weighted by molar-refractivity contribution is 0.00335. The smallest absolute Gasteiger partial charge is 0.132 e. The van der Waals surface area contributed by atoms with Crippen LogP contribution in [0.5, 0.6) is 5.75 Å². The molecule has 0 spiro atoms. The zero-order valence-corrected chi connectivity index (χ0v) is 15.9. The first-order valence-electron chi connectivity index (χ1n) is 9.45. The number of nitrogens with zero attached hydrogens (tertiary/aromatic N) is 3. The fraction of sp³-hybridized carbons (Fsp3) is 0.450. The third-order valence-corrected chi connectivity index (χ3v) is 5.19. The second-order valence-electron chi connectivity index (χ2n) is 7.56. The molecule has 148 valence electrons. The van der Waals surface area contributed by atoms with Gasteiger partial charge in [-0.05, 0) is 38.0 Å². The topological polar surface area (TPSA) is 118 Å². The first kappa shape index (κ1) is 18.6. The van der Waals surface area contributed by atoms with Crippen LogP contribution >= 0.6 is 0 Å². The Morgan fingerprint density at radius 1 is 1.39 bits per heavy atom. The third-order valence-electron chi connectivity index (χ3n) is 5.19. The van der Waals surface area contributed by atoms with Crippen molar-refractivity contribution in [3.63, 3.8) is 0 Å². The van der Waals surface area contributed by atoms with Crippen molar-refractivity contribution in [2.24, 2.45) is 0 Å². The van der Waals surface area contributed by atoms with E-state index in [1.165, 1.54) is 6.33 Å². The predicted octanol–water partition coefficient (Wildman–Crippen LogP) is 1.60.